The first kappa shape index (κ1) is 31.3. The van der Waals surface area contributed by atoms with Crippen molar-refractivity contribution in [2.24, 2.45) is 0 Å². The first-order valence-corrected chi connectivity index (χ1v) is 15.4. The Balaban J connectivity index is 2.09. The Bertz CT molecular complexity index is 1420. The minimum atomic E-state index is -3.93. The van der Waals surface area contributed by atoms with Gasteiger partial charge in [-0.25, -0.2) is 8.42 Å². The normalized spacial score (nSPS) is 11.9. The topological polar surface area (TPSA) is 96.0 Å². The minimum Gasteiger partial charge on any atom is -0.492 e. The molecule has 0 aliphatic rings. The zero-order valence-corrected chi connectivity index (χ0v) is 25.0. The fourth-order valence-corrected chi connectivity index (χ4v) is 5.54. The first-order valence-electron chi connectivity index (χ1n) is 12.8. The van der Waals surface area contributed by atoms with Crippen molar-refractivity contribution in [1.29, 1.82) is 0 Å². The molecule has 0 fully saturated rings. The van der Waals surface area contributed by atoms with Crippen LogP contribution in [0.1, 0.15) is 25.0 Å². The average molecular weight is 607 g/mol. The third-order valence-corrected chi connectivity index (χ3v) is 7.80. The predicted octanol–water partition coefficient (Wildman–Crippen LogP) is 4.93. The standard InChI is InChI=1S/C29H33Cl2N3O5S/c1-4-32-29(36)26(17-21-11-7-6-8-12-21)33(19-22-15-16-23(30)18-24(22)31)28(35)20-34(40(3,37)38)25-13-9-10-14-27(25)39-5-2/h6-16,18,26H,4-5,17,19-20H2,1-3H3,(H,32,36)/t26-/m1/s1. The number of nitrogens with zero attached hydrogens (tertiary/aromatic N) is 2. The molecule has 0 spiro atoms. The summed E-state index contributed by atoms with van der Waals surface area (Å²) in [4.78, 5) is 28.9. The fourth-order valence-electron chi connectivity index (χ4n) is 4.21. The number of likely N-dealkylation sites (N-methyl/N-ethyl adjacent to an activating group) is 1. The molecule has 0 radical (unpaired) electrons. The lowest BCUT2D eigenvalue weighted by Crippen LogP contribution is -2.53. The number of halogens is 2. The van der Waals surface area contributed by atoms with E-state index in [1.54, 1.807) is 56.3 Å². The Kier molecular flexibility index (Phi) is 11.2. The Labute approximate surface area is 245 Å². The highest BCUT2D eigenvalue weighted by atomic mass is 35.5. The van der Waals surface area contributed by atoms with Crippen molar-refractivity contribution in [2.45, 2.75) is 32.9 Å². The van der Waals surface area contributed by atoms with Crippen LogP contribution in [0, 0.1) is 0 Å². The Hall–Kier alpha value is -3.27. The highest BCUT2D eigenvalue weighted by Crippen LogP contribution is 2.31. The van der Waals surface area contributed by atoms with Gasteiger partial charge in [0.1, 0.15) is 18.3 Å². The van der Waals surface area contributed by atoms with E-state index in [9.17, 15) is 18.0 Å². The van der Waals surface area contributed by atoms with Crippen molar-refractivity contribution < 1.29 is 22.7 Å². The van der Waals surface area contributed by atoms with Gasteiger partial charge >= 0.3 is 0 Å². The number of anilines is 1. The maximum Gasteiger partial charge on any atom is 0.244 e. The molecular weight excluding hydrogens is 573 g/mol. The molecule has 3 aromatic carbocycles. The number of carbonyl (C=O) groups is 2. The second-order valence-electron chi connectivity index (χ2n) is 9.03. The van der Waals surface area contributed by atoms with E-state index in [1.807, 2.05) is 30.3 Å². The summed E-state index contributed by atoms with van der Waals surface area (Å²) in [5.41, 5.74) is 1.62. The van der Waals surface area contributed by atoms with E-state index in [0.717, 1.165) is 16.1 Å². The summed E-state index contributed by atoms with van der Waals surface area (Å²) in [6.07, 6.45) is 1.23. The van der Waals surface area contributed by atoms with Gasteiger partial charge in [0.15, 0.2) is 0 Å². The van der Waals surface area contributed by atoms with Crippen LogP contribution in [-0.2, 0) is 32.6 Å². The number of ether oxygens (including phenoxy) is 1. The van der Waals surface area contributed by atoms with E-state index in [4.69, 9.17) is 27.9 Å². The molecule has 0 saturated carbocycles. The molecule has 0 unspecified atom stereocenters. The van der Waals surface area contributed by atoms with Gasteiger partial charge in [0.2, 0.25) is 21.8 Å². The number of hydrogen-bond acceptors (Lipinski definition) is 5. The molecule has 0 heterocycles. The highest BCUT2D eigenvalue weighted by Gasteiger charge is 2.33. The fraction of sp³-hybridized carbons (Fsp3) is 0.310. The van der Waals surface area contributed by atoms with Crippen LogP contribution in [-0.4, -0.2) is 57.1 Å². The molecule has 0 saturated heterocycles. The van der Waals surface area contributed by atoms with Gasteiger partial charge in [-0.2, -0.15) is 0 Å². The zero-order valence-electron chi connectivity index (χ0n) is 22.6. The summed E-state index contributed by atoms with van der Waals surface area (Å²) in [5.74, 6) is -0.638. The number of hydrogen-bond donors (Lipinski definition) is 1. The van der Waals surface area contributed by atoms with E-state index in [0.29, 0.717) is 34.5 Å². The van der Waals surface area contributed by atoms with Gasteiger partial charge in [-0.05, 0) is 49.2 Å². The second-order valence-corrected chi connectivity index (χ2v) is 11.8. The summed E-state index contributed by atoms with van der Waals surface area (Å²) in [7, 11) is -3.93. The summed E-state index contributed by atoms with van der Waals surface area (Å²) in [6.45, 7) is 3.62. The van der Waals surface area contributed by atoms with Crippen molar-refractivity contribution >= 4 is 50.7 Å². The van der Waals surface area contributed by atoms with Crippen LogP contribution in [0.2, 0.25) is 10.0 Å². The average Bonchev–Trinajstić information content (AvgIpc) is 2.91. The van der Waals surface area contributed by atoms with Gasteiger partial charge < -0.3 is 15.0 Å². The van der Waals surface area contributed by atoms with Gasteiger partial charge in [-0.3, -0.25) is 13.9 Å². The molecule has 1 atom stereocenters. The number of amides is 2. The number of nitrogens with one attached hydrogen (secondary N) is 1. The van der Waals surface area contributed by atoms with Crippen LogP contribution in [0.5, 0.6) is 5.75 Å². The van der Waals surface area contributed by atoms with Crippen molar-refractivity contribution in [3.8, 4) is 5.75 Å². The molecule has 40 heavy (non-hydrogen) atoms. The SMILES string of the molecule is CCNC(=O)[C@@H](Cc1ccccc1)N(Cc1ccc(Cl)cc1Cl)C(=O)CN(c1ccccc1OCC)S(C)(=O)=O. The summed E-state index contributed by atoms with van der Waals surface area (Å²) in [6, 6.07) is 19.8. The quantitative estimate of drug-likeness (QED) is 0.298. The van der Waals surface area contributed by atoms with E-state index in [1.165, 1.54) is 4.90 Å². The van der Waals surface area contributed by atoms with Crippen molar-refractivity contribution in [3.05, 3.63) is 94.0 Å². The lowest BCUT2D eigenvalue weighted by Gasteiger charge is -2.34. The molecule has 2 amide bonds. The van der Waals surface area contributed by atoms with Crippen molar-refractivity contribution in [1.82, 2.24) is 10.2 Å². The number of para-hydroxylation sites is 2. The Morgan fingerprint density at radius 1 is 0.975 bits per heavy atom. The van der Waals surface area contributed by atoms with Crippen LogP contribution >= 0.6 is 23.2 Å². The molecule has 1 N–H and O–H groups in total. The molecule has 0 aromatic heterocycles. The van der Waals surface area contributed by atoms with Crippen LogP contribution in [0.4, 0.5) is 5.69 Å². The molecule has 11 heteroatoms. The molecule has 0 aliphatic heterocycles. The lowest BCUT2D eigenvalue weighted by atomic mass is 10.0. The third kappa shape index (κ3) is 8.36. The second kappa shape index (κ2) is 14.4. The summed E-state index contributed by atoms with van der Waals surface area (Å²) < 4.78 is 32.6. The van der Waals surface area contributed by atoms with Crippen molar-refractivity contribution in [3.63, 3.8) is 0 Å². The van der Waals surface area contributed by atoms with Gasteiger partial charge in [0.05, 0.1) is 18.6 Å². The molecule has 214 valence electrons. The van der Waals surface area contributed by atoms with Crippen LogP contribution in [0.15, 0.2) is 72.8 Å². The predicted molar refractivity (Wildman–Crippen MR) is 159 cm³/mol. The van der Waals surface area contributed by atoms with Gasteiger partial charge in [0.25, 0.3) is 0 Å². The van der Waals surface area contributed by atoms with Crippen LogP contribution < -0.4 is 14.4 Å². The monoisotopic (exact) mass is 605 g/mol. The Morgan fingerprint density at radius 2 is 1.65 bits per heavy atom. The van der Waals surface area contributed by atoms with Crippen LogP contribution in [0.3, 0.4) is 0 Å². The maximum atomic E-state index is 14.1. The molecule has 0 aliphatic carbocycles. The smallest absolute Gasteiger partial charge is 0.244 e. The molecule has 8 nitrogen and oxygen atoms in total. The first-order chi connectivity index (χ1) is 19.0. The van der Waals surface area contributed by atoms with E-state index < -0.39 is 28.5 Å². The number of carbonyl (C=O) groups excluding carboxylic acids is 2. The molecule has 0 bridgehead atoms. The largest absolute Gasteiger partial charge is 0.492 e. The van der Waals surface area contributed by atoms with Crippen molar-refractivity contribution in [2.75, 3.05) is 30.3 Å². The number of sulfonamides is 1. The Morgan fingerprint density at radius 3 is 2.27 bits per heavy atom. The zero-order chi connectivity index (χ0) is 29.3. The van der Waals surface area contributed by atoms with E-state index in [-0.39, 0.29) is 24.6 Å². The number of benzene rings is 3. The molecule has 3 aromatic rings. The molecule has 3 rings (SSSR count). The van der Waals surface area contributed by atoms with Gasteiger partial charge in [-0.1, -0.05) is 71.7 Å². The lowest BCUT2D eigenvalue weighted by molar-refractivity contribution is -0.140. The van der Waals surface area contributed by atoms with Gasteiger partial charge in [-0.15, -0.1) is 0 Å². The summed E-state index contributed by atoms with van der Waals surface area (Å²) in [5, 5.41) is 3.56. The maximum absolute atomic E-state index is 14.1. The number of rotatable bonds is 13. The summed E-state index contributed by atoms with van der Waals surface area (Å²) >= 11 is 12.6. The van der Waals surface area contributed by atoms with Crippen LogP contribution in [0.25, 0.3) is 0 Å². The van der Waals surface area contributed by atoms with E-state index >= 15 is 0 Å². The molecular formula is C29H33Cl2N3O5S. The van der Waals surface area contributed by atoms with E-state index in [2.05, 4.69) is 5.32 Å². The highest BCUT2D eigenvalue weighted by molar-refractivity contribution is 7.92. The van der Waals surface area contributed by atoms with Gasteiger partial charge in [0, 0.05) is 29.6 Å². The third-order valence-electron chi connectivity index (χ3n) is 6.09. The minimum absolute atomic E-state index is 0.0474.